The Hall–Kier alpha value is -2.62. The maximum absolute atomic E-state index is 11.4. The van der Waals surface area contributed by atoms with Crippen molar-refractivity contribution in [3.05, 3.63) is 23.4 Å². The number of methoxy groups -OCH3 is 2. The van der Waals surface area contributed by atoms with Gasteiger partial charge in [0.05, 0.1) is 19.8 Å². The standard InChI is InChI=1S/C13H15N3O4/c1-9-4-5-10(6-14)13(15-9)16(7-11(17)19-2)8-12(18)20-3/h4-5H,7-8H2,1-3H3. The molecule has 0 fully saturated rings. The number of nitriles is 1. The second-order valence-electron chi connectivity index (χ2n) is 3.94. The lowest BCUT2D eigenvalue weighted by Gasteiger charge is -2.22. The molecule has 0 unspecified atom stereocenters. The van der Waals surface area contributed by atoms with Gasteiger partial charge in [-0.1, -0.05) is 0 Å². The molecule has 0 saturated heterocycles. The number of hydrogen-bond donors (Lipinski definition) is 0. The third-order valence-electron chi connectivity index (χ3n) is 2.53. The van der Waals surface area contributed by atoms with Gasteiger partial charge in [0.25, 0.3) is 0 Å². The minimum absolute atomic E-state index is 0.198. The number of esters is 2. The molecular weight excluding hydrogens is 262 g/mol. The number of hydrogen-bond acceptors (Lipinski definition) is 7. The van der Waals surface area contributed by atoms with E-state index < -0.39 is 11.9 Å². The van der Waals surface area contributed by atoms with Crippen LogP contribution in [0.3, 0.4) is 0 Å². The molecule has 106 valence electrons. The van der Waals surface area contributed by atoms with Crippen molar-refractivity contribution >= 4 is 17.8 Å². The van der Waals surface area contributed by atoms with E-state index in [4.69, 9.17) is 5.26 Å². The summed E-state index contributed by atoms with van der Waals surface area (Å²) in [5.74, 6) is -0.828. The highest BCUT2D eigenvalue weighted by atomic mass is 16.5. The molecule has 0 aromatic carbocycles. The molecule has 0 N–H and O–H groups in total. The molecule has 0 atom stereocenters. The fourth-order valence-corrected chi connectivity index (χ4v) is 1.52. The topological polar surface area (TPSA) is 92.5 Å². The molecular formula is C13H15N3O4. The predicted molar refractivity (Wildman–Crippen MR) is 69.9 cm³/mol. The van der Waals surface area contributed by atoms with Crippen LogP contribution in [0.15, 0.2) is 12.1 Å². The fourth-order valence-electron chi connectivity index (χ4n) is 1.52. The van der Waals surface area contributed by atoms with Crippen LogP contribution in [0.2, 0.25) is 0 Å². The third-order valence-corrected chi connectivity index (χ3v) is 2.53. The van der Waals surface area contributed by atoms with Crippen molar-refractivity contribution in [2.75, 3.05) is 32.2 Å². The van der Waals surface area contributed by atoms with Crippen LogP contribution < -0.4 is 4.90 Å². The van der Waals surface area contributed by atoms with Crippen LogP contribution in [0.1, 0.15) is 11.3 Å². The summed E-state index contributed by atoms with van der Waals surface area (Å²) in [6, 6.07) is 5.24. The van der Waals surface area contributed by atoms with Crippen LogP contribution in [-0.2, 0) is 19.1 Å². The van der Waals surface area contributed by atoms with E-state index in [9.17, 15) is 9.59 Å². The quantitative estimate of drug-likeness (QED) is 0.720. The Morgan fingerprint density at radius 2 is 1.80 bits per heavy atom. The Labute approximate surface area is 116 Å². The van der Waals surface area contributed by atoms with Gasteiger partial charge < -0.3 is 14.4 Å². The Bertz CT molecular complexity index is 533. The molecule has 0 saturated carbocycles. The molecule has 0 amide bonds. The van der Waals surface area contributed by atoms with Crippen LogP contribution >= 0.6 is 0 Å². The number of pyridine rings is 1. The normalized spacial score (nSPS) is 9.50. The van der Waals surface area contributed by atoms with Gasteiger partial charge in [-0.3, -0.25) is 9.59 Å². The summed E-state index contributed by atoms with van der Waals surface area (Å²) in [5.41, 5.74) is 0.933. The zero-order valence-corrected chi connectivity index (χ0v) is 11.5. The Balaban J connectivity index is 3.15. The lowest BCUT2D eigenvalue weighted by molar-refractivity contribution is -0.140. The monoisotopic (exact) mass is 277 g/mol. The maximum Gasteiger partial charge on any atom is 0.325 e. The van der Waals surface area contributed by atoms with Gasteiger partial charge >= 0.3 is 11.9 Å². The van der Waals surface area contributed by atoms with Crippen molar-refractivity contribution in [2.45, 2.75) is 6.92 Å². The summed E-state index contributed by atoms with van der Waals surface area (Å²) >= 11 is 0. The van der Waals surface area contributed by atoms with E-state index in [-0.39, 0.29) is 24.5 Å². The molecule has 1 heterocycles. The van der Waals surface area contributed by atoms with Gasteiger partial charge in [0.15, 0.2) is 0 Å². The van der Waals surface area contributed by atoms with Crippen molar-refractivity contribution in [3.63, 3.8) is 0 Å². The van der Waals surface area contributed by atoms with E-state index >= 15 is 0 Å². The van der Waals surface area contributed by atoms with E-state index in [2.05, 4.69) is 14.5 Å². The van der Waals surface area contributed by atoms with Gasteiger partial charge in [-0.05, 0) is 19.1 Å². The largest absolute Gasteiger partial charge is 0.468 e. The fraction of sp³-hybridized carbons (Fsp3) is 0.385. The molecule has 0 aliphatic rings. The lowest BCUT2D eigenvalue weighted by Crippen LogP contribution is -2.36. The number of anilines is 1. The molecule has 0 radical (unpaired) electrons. The first-order valence-electron chi connectivity index (χ1n) is 5.78. The summed E-state index contributed by atoms with van der Waals surface area (Å²) in [5, 5.41) is 9.09. The van der Waals surface area contributed by atoms with E-state index in [1.165, 1.54) is 19.1 Å². The first-order chi connectivity index (χ1) is 9.51. The number of aryl methyl sites for hydroxylation is 1. The molecule has 0 bridgehead atoms. The average molecular weight is 277 g/mol. The predicted octanol–water partition coefficient (Wildman–Crippen LogP) is 0.414. The second-order valence-corrected chi connectivity index (χ2v) is 3.94. The van der Waals surface area contributed by atoms with Crippen molar-refractivity contribution in [1.29, 1.82) is 5.26 Å². The van der Waals surface area contributed by atoms with Crippen molar-refractivity contribution in [1.82, 2.24) is 4.98 Å². The molecule has 7 nitrogen and oxygen atoms in total. The second kappa shape index (κ2) is 7.09. The lowest BCUT2D eigenvalue weighted by atomic mass is 10.2. The molecule has 7 heteroatoms. The molecule has 1 aromatic rings. The third kappa shape index (κ3) is 3.95. The van der Waals surface area contributed by atoms with Crippen LogP contribution in [0.25, 0.3) is 0 Å². The first-order valence-corrected chi connectivity index (χ1v) is 5.78. The van der Waals surface area contributed by atoms with Crippen molar-refractivity contribution in [3.8, 4) is 6.07 Å². The van der Waals surface area contributed by atoms with Crippen molar-refractivity contribution in [2.24, 2.45) is 0 Å². The molecule has 0 aliphatic carbocycles. The molecule has 1 aromatic heterocycles. The van der Waals surface area contributed by atoms with Crippen LogP contribution in [0, 0.1) is 18.3 Å². The zero-order chi connectivity index (χ0) is 15.1. The zero-order valence-electron chi connectivity index (χ0n) is 11.5. The number of carbonyl (C=O) groups is 2. The van der Waals surface area contributed by atoms with Gasteiger partial charge in [0, 0.05) is 5.69 Å². The number of nitrogens with zero attached hydrogens (tertiary/aromatic N) is 3. The summed E-state index contributed by atoms with van der Waals surface area (Å²) < 4.78 is 9.16. The molecule has 0 aliphatic heterocycles. The van der Waals surface area contributed by atoms with E-state index in [1.807, 2.05) is 6.07 Å². The van der Waals surface area contributed by atoms with Crippen molar-refractivity contribution < 1.29 is 19.1 Å². The molecule has 20 heavy (non-hydrogen) atoms. The summed E-state index contributed by atoms with van der Waals surface area (Å²) in [6.45, 7) is 1.35. The number of aromatic nitrogens is 1. The first kappa shape index (κ1) is 15.4. The average Bonchev–Trinajstić information content (AvgIpc) is 2.46. The SMILES string of the molecule is COC(=O)CN(CC(=O)OC)c1nc(C)ccc1C#N. The highest BCUT2D eigenvalue weighted by Crippen LogP contribution is 2.17. The number of ether oxygens (including phenoxy) is 2. The van der Waals surface area contributed by atoms with Gasteiger partial charge in [-0.15, -0.1) is 0 Å². The number of rotatable bonds is 5. The van der Waals surface area contributed by atoms with Gasteiger partial charge in [-0.25, -0.2) is 4.98 Å². The van der Waals surface area contributed by atoms with Gasteiger partial charge in [0.2, 0.25) is 0 Å². The Morgan fingerprint density at radius 3 is 2.25 bits per heavy atom. The van der Waals surface area contributed by atoms with Crippen LogP contribution in [0.5, 0.6) is 0 Å². The summed E-state index contributed by atoms with van der Waals surface area (Å²) in [7, 11) is 2.49. The smallest absolute Gasteiger partial charge is 0.325 e. The minimum atomic E-state index is -0.541. The maximum atomic E-state index is 11.4. The summed E-state index contributed by atoms with van der Waals surface area (Å²) in [4.78, 5) is 28.4. The van der Waals surface area contributed by atoms with Gasteiger partial charge in [-0.2, -0.15) is 5.26 Å². The van der Waals surface area contributed by atoms with Gasteiger partial charge in [0.1, 0.15) is 25.0 Å². The van der Waals surface area contributed by atoms with Crippen LogP contribution in [0.4, 0.5) is 5.82 Å². The van der Waals surface area contributed by atoms with E-state index in [0.717, 1.165) is 0 Å². The van der Waals surface area contributed by atoms with E-state index in [1.54, 1.807) is 19.1 Å². The molecule has 1 rings (SSSR count). The Morgan fingerprint density at radius 1 is 1.25 bits per heavy atom. The highest BCUT2D eigenvalue weighted by molar-refractivity contribution is 5.81. The van der Waals surface area contributed by atoms with E-state index in [0.29, 0.717) is 5.69 Å². The van der Waals surface area contributed by atoms with Crippen LogP contribution in [-0.4, -0.2) is 44.2 Å². The molecule has 0 spiro atoms. The highest BCUT2D eigenvalue weighted by Gasteiger charge is 2.20. The summed E-state index contributed by atoms with van der Waals surface area (Å²) in [6.07, 6.45) is 0. The Kier molecular flexibility index (Phi) is 5.47. The minimum Gasteiger partial charge on any atom is -0.468 e. The number of carbonyl (C=O) groups excluding carboxylic acids is 2.